The molecule has 1 aliphatic heterocycles. The van der Waals surface area contributed by atoms with Gasteiger partial charge in [0.25, 0.3) is 17.7 Å². The molecule has 0 aromatic carbocycles. The average Bonchev–Trinajstić information content (AvgIpc) is 3.61. The Morgan fingerprint density at radius 1 is 1.12 bits per heavy atom. The fourth-order valence-corrected chi connectivity index (χ4v) is 5.71. The number of alkyl halides is 2. The first-order chi connectivity index (χ1) is 19.7. The van der Waals surface area contributed by atoms with Gasteiger partial charge in [-0.25, -0.2) is 23.7 Å². The van der Waals surface area contributed by atoms with Crippen LogP contribution >= 0.6 is 0 Å². The zero-order valence-corrected chi connectivity index (χ0v) is 22.8. The predicted molar refractivity (Wildman–Crippen MR) is 145 cm³/mol. The Hall–Kier alpha value is -4.29. The van der Waals surface area contributed by atoms with Gasteiger partial charge in [0.15, 0.2) is 11.5 Å². The molecule has 1 atom stereocenters. The number of aromatic nitrogens is 7. The van der Waals surface area contributed by atoms with Crippen LogP contribution in [0.15, 0.2) is 36.9 Å². The summed E-state index contributed by atoms with van der Waals surface area (Å²) in [5.74, 6) is -2.03. The Morgan fingerprint density at radius 2 is 1.90 bits per heavy atom. The molecule has 2 fully saturated rings. The third kappa shape index (κ3) is 5.27. The van der Waals surface area contributed by atoms with Crippen LogP contribution in [0.3, 0.4) is 0 Å². The first-order valence-corrected chi connectivity index (χ1v) is 13.9. The molecule has 0 bridgehead atoms. The van der Waals surface area contributed by atoms with Crippen molar-refractivity contribution in [2.75, 3.05) is 13.1 Å². The molecule has 0 radical (unpaired) electrons. The van der Waals surface area contributed by atoms with Crippen molar-refractivity contribution in [2.45, 2.75) is 58.0 Å². The highest BCUT2D eigenvalue weighted by atomic mass is 19.3. The number of likely N-dealkylation sites (tertiary alicyclic amines) is 1. The molecular weight excluding hydrogens is 532 g/mol. The molecule has 1 saturated heterocycles. The van der Waals surface area contributed by atoms with E-state index in [0.29, 0.717) is 40.7 Å². The predicted octanol–water partition coefficient (Wildman–Crippen LogP) is 4.02. The summed E-state index contributed by atoms with van der Waals surface area (Å²) >= 11 is 0. The molecule has 0 spiro atoms. The number of amides is 2. The van der Waals surface area contributed by atoms with Gasteiger partial charge in [-0.05, 0) is 43.7 Å². The molecule has 0 unspecified atom stereocenters. The van der Waals surface area contributed by atoms with E-state index in [-0.39, 0.29) is 29.3 Å². The SMILES string of the molecule is CCn1nccc1C(=O)N[C@H](c1nc2nc(-c3cnccc3C(=O)N3CC(F)(F)C3)ncc2[nH]1)C1CCC(C)CC1. The Labute approximate surface area is 234 Å². The maximum absolute atomic E-state index is 13.4. The van der Waals surface area contributed by atoms with Crippen molar-refractivity contribution >= 4 is 23.0 Å². The van der Waals surface area contributed by atoms with Gasteiger partial charge in [0.2, 0.25) is 0 Å². The number of carbonyl (C=O) groups is 2. The lowest BCUT2D eigenvalue weighted by molar-refractivity contribution is -0.113. The van der Waals surface area contributed by atoms with Crippen molar-refractivity contribution in [3.8, 4) is 11.4 Å². The molecule has 1 saturated carbocycles. The highest BCUT2D eigenvalue weighted by Crippen LogP contribution is 2.37. The van der Waals surface area contributed by atoms with E-state index >= 15 is 0 Å². The molecule has 6 rings (SSSR count). The molecule has 214 valence electrons. The zero-order valence-electron chi connectivity index (χ0n) is 22.8. The third-order valence-corrected chi connectivity index (χ3v) is 8.04. The summed E-state index contributed by atoms with van der Waals surface area (Å²) in [6, 6.07) is 2.80. The largest absolute Gasteiger partial charge is 0.340 e. The van der Waals surface area contributed by atoms with Gasteiger partial charge < -0.3 is 15.2 Å². The molecule has 41 heavy (non-hydrogen) atoms. The zero-order chi connectivity index (χ0) is 28.7. The van der Waals surface area contributed by atoms with Crippen LogP contribution in [0.4, 0.5) is 8.78 Å². The van der Waals surface area contributed by atoms with E-state index in [2.05, 4.69) is 37.3 Å². The number of halogens is 2. The summed E-state index contributed by atoms with van der Waals surface area (Å²) in [4.78, 5) is 48.6. The Bertz CT molecular complexity index is 1580. The lowest BCUT2D eigenvalue weighted by atomic mass is 9.79. The molecule has 1 aliphatic carbocycles. The minimum absolute atomic E-state index is 0.179. The number of hydrogen-bond donors (Lipinski definition) is 2. The van der Waals surface area contributed by atoms with Gasteiger partial charge in [-0.2, -0.15) is 5.10 Å². The molecule has 5 heterocycles. The van der Waals surface area contributed by atoms with Crippen LogP contribution in [0, 0.1) is 11.8 Å². The van der Waals surface area contributed by atoms with Crippen molar-refractivity contribution < 1.29 is 18.4 Å². The van der Waals surface area contributed by atoms with Crippen molar-refractivity contribution in [1.82, 2.24) is 44.9 Å². The monoisotopic (exact) mass is 563 g/mol. The van der Waals surface area contributed by atoms with Crippen LogP contribution in [0.25, 0.3) is 22.6 Å². The Morgan fingerprint density at radius 3 is 2.63 bits per heavy atom. The van der Waals surface area contributed by atoms with Gasteiger partial charge in [0.05, 0.1) is 36.5 Å². The number of nitrogens with one attached hydrogen (secondary N) is 2. The summed E-state index contributed by atoms with van der Waals surface area (Å²) in [6.45, 7) is 3.50. The van der Waals surface area contributed by atoms with Crippen LogP contribution in [0.5, 0.6) is 0 Å². The number of pyridine rings is 1. The molecule has 13 heteroatoms. The number of imidazole rings is 1. The summed E-state index contributed by atoms with van der Waals surface area (Å²) < 4.78 is 28.5. The summed E-state index contributed by atoms with van der Waals surface area (Å²) in [6.07, 6.45) is 10.1. The van der Waals surface area contributed by atoms with Crippen LogP contribution in [-0.2, 0) is 6.54 Å². The fraction of sp³-hybridized carbons (Fsp3) is 0.464. The van der Waals surface area contributed by atoms with Crippen LogP contribution in [-0.4, -0.2) is 70.4 Å². The van der Waals surface area contributed by atoms with E-state index in [1.165, 1.54) is 18.5 Å². The topological polar surface area (TPSA) is 135 Å². The van der Waals surface area contributed by atoms with Gasteiger partial charge >= 0.3 is 0 Å². The van der Waals surface area contributed by atoms with Crippen LogP contribution in [0.1, 0.15) is 72.2 Å². The minimum atomic E-state index is -2.87. The first-order valence-electron chi connectivity index (χ1n) is 13.9. The van der Waals surface area contributed by atoms with E-state index in [1.807, 2.05) is 6.92 Å². The number of aryl methyl sites for hydroxylation is 1. The number of rotatable bonds is 7. The molecular formula is C28H31F2N9O2. The van der Waals surface area contributed by atoms with E-state index < -0.39 is 24.9 Å². The molecule has 2 amide bonds. The number of fused-ring (bicyclic) bond motifs is 1. The third-order valence-electron chi connectivity index (χ3n) is 8.04. The second-order valence-electron chi connectivity index (χ2n) is 11.0. The highest BCUT2D eigenvalue weighted by molar-refractivity contribution is 6.00. The first kappa shape index (κ1) is 26.9. The van der Waals surface area contributed by atoms with Gasteiger partial charge in [-0.3, -0.25) is 19.3 Å². The second kappa shape index (κ2) is 10.6. The van der Waals surface area contributed by atoms with Gasteiger partial charge in [0, 0.05) is 25.1 Å². The standard InChI is InChI=1S/C28H31F2N9O2/c1-3-39-21(9-11-33-39)26(40)35-22(17-6-4-16(2)5-7-17)25-34-20-13-32-23(36-24(20)37-25)19-12-31-10-8-18(19)27(41)38-14-28(29,30)15-38/h8-13,16-17,22H,3-7,14-15H2,1-2H3,(H,35,40)(H,32,34,36,37)/t16?,17?,22-/m0/s1. The smallest absolute Gasteiger partial charge is 0.282 e. The molecule has 11 nitrogen and oxygen atoms in total. The molecule has 2 N–H and O–H groups in total. The van der Waals surface area contributed by atoms with Crippen molar-refractivity contribution in [1.29, 1.82) is 0 Å². The van der Waals surface area contributed by atoms with E-state index in [0.717, 1.165) is 30.6 Å². The average molecular weight is 564 g/mol. The number of carbonyl (C=O) groups excluding carboxylic acids is 2. The lowest BCUT2D eigenvalue weighted by Gasteiger charge is -2.38. The fourth-order valence-electron chi connectivity index (χ4n) is 5.71. The van der Waals surface area contributed by atoms with E-state index in [1.54, 1.807) is 23.1 Å². The second-order valence-corrected chi connectivity index (χ2v) is 11.0. The van der Waals surface area contributed by atoms with Crippen molar-refractivity contribution in [3.05, 3.63) is 54.0 Å². The number of nitrogens with zero attached hydrogens (tertiary/aromatic N) is 7. The number of hydrogen-bond acceptors (Lipinski definition) is 7. The van der Waals surface area contributed by atoms with Crippen molar-refractivity contribution in [3.63, 3.8) is 0 Å². The maximum Gasteiger partial charge on any atom is 0.282 e. The maximum atomic E-state index is 13.4. The highest BCUT2D eigenvalue weighted by Gasteiger charge is 2.46. The molecule has 4 aromatic heterocycles. The van der Waals surface area contributed by atoms with Crippen molar-refractivity contribution in [2.24, 2.45) is 11.8 Å². The summed E-state index contributed by atoms with van der Waals surface area (Å²) in [5, 5.41) is 7.42. The quantitative estimate of drug-likeness (QED) is 0.347. The van der Waals surface area contributed by atoms with E-state index in [4.69, 9.17) is 4.98 Å². The molecule has 2 aliphatic rings. The molecule has 4 aromatic rings. The van der Waals surface area contributed by atoms with Crippen LogP contribution in [0.2, 0.25) is 0 Å². The van der Waals surface area contributed by atoms with Gasteiger partial charge in [-0.1, -0.05) is 19.8 Å². The minimum Gasteiger partial charge on any atom is -0.340 e. The van der Waals surface area contributed by atoms with Crippen LogP contribution < -0.4 is 5.32 Å². The van der Waals surface area contributed by atoms with Gasteiger partial charge in [0.1, 0.15) is 17.0 Å². The van der Waals surface area contributed by atoms with Gasteiger partial charge in [-0.15, -0.1) is 0 Å². The Kier molecular flexibility index (Phi) is 6.96. The normalized spacial score (nSPS) is 20.9. The summed E-state index contributed by atoms with van der Waals surface area (Å²) in [7, 11) is 0. The number of aromatic amines is 1. The Balaban J connectivity index is 1.31. The lowest BCUT2D eigenvalue weighted by Crippen LogP contribution is -2.58. The number of H-pyrrole nitrogens is 1. The van der Waals surface area contributed by atoms with E-state index in [9.17, 15) is 18.4 Å². The summed E-state index contributed by atoms with van der Waals surface area (Å²) in [5.41, 5.74) is 1.95.